The van der Waals surface area contributed by atoms with Crippen LogP contribution in [0.4, 0.5) is 23.1 Å². The maximum absolute atomic E-state index is 12.8. The third-order valence-electron chi connectivity index (χ3n) is 5.76. The molecule has 0 atom stereocenters. The number of hydrogen-bond donors (Lipinski definition) is 2. The second-order valence-corrected chi connectivity index (χ2v) is 8.27. The van der Waals surface area contributed by atoms with Crippen LogP contribution in [0.3, 0.4) is 0 Å². The van der Waals surface area contributed by atoms with Gasteiger partial charge in [-0.3, -0.25) is 4.79 Å². The molecule has 1 aliphatic heterocycles. The van der Waals surface area contributed by atoms with Crippen molar-refractivity contribution in [3.05, 3.63) is 76.3 Å². The molecule has 1 fully saturated rings. The van der Waals surface area contributed by atoms with Crippen LogP contribution in [-0.2, 0) is 4.74 Å². The minimum absolute atomic E-state index is 0.0956. The lowest BCUT2D eigenvalue weighted by molar-refractivity contribution is 0.102. The fourth-order valence-corrected chi connectivity index (χ4v) is 3.96. The zero-order chi connectivity index (χ0) is 25.1. The lowest BCUT2D eigenvalue weighted by Gasteiger charge is -2.28. The van der Waals surface area contributed by atoms with Gasteiger partial charge in [0.15, 0.2) is 11.3 Å². The molecular formula is C26H25N5O5. The van der Waals surface area contributed by atoms with Crippen LogP contribution in [0.15, 0.2) is 63.8 Å². The first kappa shape index (κ1) is 23.3. The number of morpholine rings is 1. The number of nitrogens with zero attached hydrogens (tertiary/aromatic N) is 3. The number of nitrogens with one attached hydrogen (secondary N) is 2. The smallest absolute Gasteiger partial charge is 0.349 e. The number of ether oxygens (including phenoxy) is 2. The molecular weight excluding hydrogens is 462 g/mol. The number of rotatable bonds is 6. The molecule has 0 saturated carbocycles. The average molecular weight is 488 g/mol. The molecule has 2 aromatic carbocycles. The van der Waals surface area contributed by atoms with Crippen LogP contribution in [0.1, 0.15) is 16.1 Å². The van der Waals surface area contributed by atoms with Gasteiger partial charge in [0.2, 0.25) is 5.95 Å². The van der Waals surface area contributed by atoms with Crippen molar-refractivity contribution >= 4 is 40.0 Å². The Morgan fingerprint density at radius 3 is 2.53 bits per heavy atom. The summed E-state index contributed by atoms with van der Waals surface area (Å²) in [6, 6.07) is 15.7. The molecule has 10 nitrogen and oxygen atoms in total. The molecule has 10 heteroatoms. The highest BCUT2D eigenvalue weighted by atomic mass is 16.5. The number of carbonyl (C=O) groups excluding carboxylic acids is 1. The minimum atomic E-state index is -0.740. The number of carbonyl (C=O) groups is 1. The van der Waals surface area contributed by atoms with Crippen LogP contribution in [0.25, 0.3) is 11.0 Å². The topological polar surface area (TPSA) is 119 Å². The van der Waals surface area contributed by atoms with E-state index in [-0.39, 0.29) is 5.56 Å². The minimum Gasteiger partial charge on any atom is -0.493 e. The number of methoxy groups -OCH3 is 1. The Hall–Kier alpha value is -4.44. The van der Waals surface area contributed by atoms with Crippen molar-refractivity contribution in [1.82, 2.24) is 9.97 Å². The zero-order valence-corrected chi connectivity index (χ0v) is 19.9. The van der Waals surface area contributed by atoms with Crippen molar-refractivity contribution in [2.75, 3.05) is 48.9 Å². The van der Waals surface area contributed by atoms with E-state index >= 15 is 0 Å². The number of benzene rings is 2. The van der Waals surface area contributed by atoms with Gasteiger partial charge in [0.25, 0.3) is 5.91 Å². The Morgan fingerprint density at radius 2 is 1.78 bits per heavy atom. The van der Waals surface area contributed by atoms with Crippen LogP contribution >= 0.6 is 0 Å². The second-order valence-electron chi connectivity index (χ2n) is 8.27. The fourth-order valence-electron chi connectivity index (χ4n) is 3.96. The normalized spacial score (nSPS) is 13.4. The highest BCUT2D eigenvalue weighted by Gasteiger charge is 2.17. The number of fused-ring (bicyclic) bond motifs is 1. The van der Waals surface area contributed by atoms with E-state index in [9.17, 15) is 9.59 Å². The molecule has 4 aromatic rings. The quantitative estimate of drug-likeness (QED) is 0.392. The van der Waals surface area contributed by atoms with Gasteiger partial charge in [-0.15, -0.1) is 0 Å². The van der Waals surface area contributed by atoms with Gasteiger partial charge in [-0.25, -0.2) is 9.78 Å². The van der Waals surface area contributed by atoms with E-state index in [1.54, 1.807) is 42.5 Å². The molecule has 0 unspecified atom stereocenters. The molecule has 0 aliphatic carbocycles. The van der Waals surface area contributed by atoms with Crippen LogP contribution in [-0.4, -0.2) is 49.3 Å². The van der Waals surface area contributed by atoms with Crippen molar-refractivity contribution < 1.29 is 18.7 Å². The molecule has 1 amide bonds. The van der Waals surface area contributed by atoms with E-state index in [2.05, 4.69) is 25.5 Å². The summed E-state index contributed by atoms with van der Waals surface area (Å²) in [7, 11) is 1.49. The van der Waals surface area contributed by atoms with Crippen molar-refractivity contribution in [3.8, 4) is 5.75 Å². The lowest BCUT2D eigenvalue weighted by atomic mass is 10.1. The average Bonchev–Trinajstić information content (AvgIpc) is 2.89. The molecule has 2 N–H and O–H groups in total. The van der Waals surface area contributed by atoms with E-state index in [4.69, 9.17) is 13.9 Å². The molecule has 1 aliphatic rings. The Morgan fingerprint density at radius 1 is 1.03 bits per heavy atom. The summed E-state index contributed by atoms with van der Waals surface area (Å²) in [6.45, 7) is 4.85. The number of aromatic nitrogens is 2. The predicted molar refractivity (Wildman–Crippen MR) is 137 cm³/mol. The maximum Gasteiger partial charge on any atom is 0.349 e. The summed E-state index contributed by atoms with van der Waals surface area (Å²) in [5.74, 6) is 1.20. The lowest BCUT2D eigenvalue weighted by Crippen LogP contribution is -2.36. The number of anilines is 4. The van der Waals surface area contributed by atoms with E-state index in [0.29, 0.717) is 41.6 Å². The third kappa shape index (κ3) is 4.98. The van der Waals surface area contributed by atoms with Crippen molar-refractivity contribution in [2.24, 2.45) is 0 Å². The highest BCUT2D eigenvalue weighted by molar-refractivity contribution is 6.05. The van der Waals surface area contributed by atoms with E-state index in [0.717, 1.165) is 30.3 Å². The molecule has 0 bridgehead atoms. The first-order valence-corrected chi connectivity index (χ1v) is 11.5. The highest BCUT2D eigenvalue weighted by Crippen LogP contribution is 2.25. The largest absolute Gasteiger partial charge is 0.493 e. The first-order chi connectivity index (χ1) is 17.5. The molecule has 0 spiro atoms. The van der Waals surface area contributed by atoms with E-state index in [1.165, 1.54) is 13.2 Å². The SMILES string of the molecule is COc1cccc2cc(C(=O)Nc3ccc(Nc4nc(C)cc(N5CCOCC5)n4)cc3)c(=O)oc12. The Balaban J connectivity index is 1.30. The first-order valence-electron chi connectivity index (χ1n) is 11.5. The molecule has 184 valence electrons. The van der Waals surface area contributed by atoms with Gasteiger partial charge < -0.3 is 29.4 Å². The third-order valence-corrected chi connectivity index (χ3v) is 5.76. The van der Waals surface area contributed by atoms with Gasteiger partial charge in [0.1, 0.15) is 11.4 Å². The zero-order valence-electron chi connectivity index (χ0n) is 19.9. The van der Waals surface area contributed by atoms with Gasteiger partial charge in [0.05, 0.1) is 20.3 Å². The van der Waals surface area contributed by atoms with E-state index < -0.39 is 11.5 Å². The summed E-state index contributed by atoms with van der Waals surface area (Å²) >= 11 is 0. The molecule has 3 heterocycles. The van der Waals surface area contributed by atoms with Gasteiger partial charge in [-0.05, 0) is 43.3 Å². The predicted octanol–water partition coefficient (Wildman–Crippen LogP) is 3.73. The van der Waals surface area contributed by atoms with Gasteiger partial charge >= 0.3 is 5.63 Å². The summed E-state index contributed by atoms with van der Waals surface area (Å²) < 4.78 is 16.0. The standard InChI is InChI=1S/C26H25N5O5/c1-16-14-22(31-10-12-35-13-11-31)30-26(27-16)29-19-8-6-18(7-9-19)28-24(32)20-15-17-4-3-5-21(34-2)23(17)36-25(20)33/h3-9,14-15H,10-13H2,1-2H3,(H,28,32)(H,27,29,30). The number of hydrogen-bond acceptors (Lipinski definition) is 9. The summed E-state index contributed by atoms with van der Waals surface area (Å²) in [5.41, 5.74) is 1.59. The van der Waals surface area contributed by atoms with Crippen LogP contribution in [0, 0.1) is 6.92 Å². The summed E-state index contributed by atoms with van der Waals surface area (Å²) in [6.07, 6.45) is 0. The monoisotopic (exact) mass is 487 g/mol. The Kier molecular flexibility index (Phi) is 6.50. The number of aryl methyl sites for hydroxylation is 1. The Bertz CT molecular complexity index is 1460. The van der Waals surface area contributed by atoms with Crippen LogP contribution < -0.4 is 25.9 Å². The number of para-hydroxylation sites is 1. The molecule has 2 aromatic heterocycles. The number of amides is 1. The molecule has 36 heavy (non-hydrogen) atoms. The van der Waals surface area contributed by atoms with Crippen molar-refractivity contribution in [3.63, 3.8) is 0 Å². The van der Waals surface area contributed by atoms with Gasteiger partial charge in [0, 0.05) is 41.6 Å². The van der Waals surface area contributed by atoms with Crippen LogP contribution in [0.2, 0.25) is 0 Å². The van der Waals surface area contributed by atoms with Gasteiger partial charge in [-0.1, -0.05) is 12.1 Å². The van der Waals surface area contributed by atoms with Crippen molar-refractivity contribution in [1.29, 1.82) is 0 Å². The Labute approximate surface area is 206 Å². The fraction of sp³-hybridized carbons (Fsp3) is 0.231. The van der Waals surface area contributed by atoms with E-state index in [1.807, 2.05) is 13.0 Å². The molecule has 1 saturated heterocycles. The maximum atomic E-state index is 12.8. The van der Waals surface area contributed by atoms with Gasteiger partial charge in [-0.2, -0.15) is 4.98 Å². The second kappa shape index (κ2) is 10.0. The van der Waals surface area contributed by atoms with Crippen molar-refractivity contribution in [2.45, 2.75) is 6.92 Å². The molecule has 5 rings (SSSR count). The summed E-state index contributed by atoms with van der Waals surface area (Å²) in [5, 5.41) is 6.53. The molecule has 0 radical (unpaired) electrons. The van der Waals surface area contributed by atoms with Crippen LogP contribution in [0.5, 0.6) is 5.75 Å². The summed E-state index contributed by atoms with van der Waals surface area (Å²) in [4.78, 5) is 36.5.